The normalized spacial score (nSPS) is 26.4. The number of rotatable bonds is 2. The van der Waals surface area contributed by atoms with Crippen LogP contribution in [0.25, 0.3) is 0 Å². The van der Waals surface area contributed by atoms with Gasteiger partial charge < -0.3 is 0 Å². The maximum absolute atomic E-state index is 12.8. The van der Waals surface area contributed by atoms with Gasteiger partial charge in [0.05, 0.1) is 4.90 Å². The summed E-state index contributed by atoms with van der Waals surface area (Å²) in [6.07, 6.45) is 0.542. The molecule has 0 amide bonds. The molecule has 1 aliphatic carbocycles. The van der Waals surface area contributed by atoms with Crippen LogP contribution in [0.5, 0.6) is 0 Å². The Morgan fingerprint density at radius 3 is 2.41 bits per heavy atom. The summed E-state index contributed by atoms with van der Waals surface area (Å²) < 4.78 is 27.2. The predicted octanol–water partition coefficient (Wildman–Crippen LogP) is 2.54. The average molecular weight is 319 g/mol. The van der Waals surface area contributed by atoms with E-state index in [0.717, 1.165) is 16.7 Å². The van der Waals surface area contributed by atoms with Crippen LogP contribution in [0.2, 0.25) is 0 Å². The Balaban J connectivity index is 1.95. The third-order valence-electron chi connectivity index (χ3n) is 4.94. The number of hydrogen-bond donors (Lipinski definition) is 0. The zero-order valence-corrected chi connectivity index (χ0v) is 14.0. The number of piperidine rings is 1. The van der Waals surface area contributed by atoms with Gasteiger partial charge >= 0.3 is 0 Å². The van der Waals surface area contributed by atoms with Crippen LogP contribution in [-0.2, 0) is 14.8 Å². The van der Waals surface area contributed by atoms with E-state index >= 15 is 0 Å². The summed E-state index contributed by atoms with van der Waals surface area (Å²) in [5, 5.41) is 0. The van der Waals surface area contributed by atoms with Crippen molar-refractivity contribution in [3.05, 3.63) is 41.0 Å². The van der Waals surface area contributed by atoms with Gasteiger partial charge in [0.15, 0.2) is 5.78 Å². The van der Waals surface area contributed by atoms with Gasteiger partial charge in [-0.15, -0.1) is 0 Å². The number of fused-ring (bicyclic) bond motifs is 1. The van der Waals surface area contributed by atoms with Crippen LogP contribution >= 0.6 is 0 Å². The van der Waals surface area contributed by atoms with Crippen LogP contribution in [0.15, 0.2) is 40.3 Å². The lowest BCUT2D eigenvalue weighted by Crippen LogP contribution is -2.43. The molecule has 0 aromatic heterocycles. The molecule has 0 saturated carbocycles. The van der Waals surface area contributed by atoms with Crippen LogP contribution in [0.4, 0.5) is 0 Å². The summed E-state index contributed by atoms with van der Waals surface area (Å²) in [4.78, 5) is 12.2. The summed E-state index contributed by atoms with van der Waals surface area (Å²) in [5.41, 5.74) is 2.81. The van der Waals surface area contributed by atoms with Gasteiger partial charge in [0.2, 0.25) is 10.0 Å². The molecule has 0 N–H and O–H groups in total. The van der Waals surface area contributed by atoms with Gasteiger partial charge in [-0.2, -0.15) is 4.31 Å². The third kappa shape index (κ3) is 2.42. The van der Waals surface area contributed by atoms with Crippen LogP contribution < -0.4 is 0 Å². The molecule has 118 valence electrons. The summed E-state index contributed by atoms with van der Waals surface area (Å²) in [5.74, 6) is 0.559. The van der Waals surface area contributed by atoms with E-state index in [-0.39, 0.29) is 17.6 Å². The predicted molar refractivity (Wildman–Crippen MR) is 84.9 cm³/mol. The number of hydrogen-bond acceptors (Lipinski definition) is 3. The summed E-state index contributed by atoms with van der Waals surface area (Å²) in [6.45, 7) is 6.62. The molecule has 1 aromatic carbocycles. The summed E-state index contributed by atoms with van der Waals surface area (Å²) in [6, 6.07) is 6.93. The van der Waals surface area contributed by atoms with Crippen molar-refractivity contribution in [1.29, 1.82) is 0 Å². The molecule has 4 nitrogen and oxygen atoms in total. The van der Waals surface area contributed by atoms with Crippen LogP contribution in [0.1, 0.15) is 25.8 Å². The Bertz CT molecular complexity index is 747. The van der Waals surface area contributed by atoms with Gasteiger partial charge in [-0.1, -0.05) is 24.6 Å². The molecule has 0 spiro atoms. The smallest absolute Gasteiger partial charge is 0.243 e. The second-order valence-electron chi connectivity index (χ2n) is 6.47. The van der Waals surface area contributed by atoms with E-state index in [9.17, 15) is 13.2 Å². The zero-order valence-electron chi connectivity index (χ0n) is 13.2. The quantitative estimate of drug-likeness (QED) is 0.842. The van der Waals surface area contributed by atoms with Gasteiger partial charge in [-0.05, 0) is 49.0 Å². The highest BCUT2D eigenvalue weighted by Crippen LogP contribution is 2.40. The van der Waals surface area contributed by atoms with Gasteiger partial charge in [-0.25, -0.2) is 8.42 Å². The first-order valence-electron chi connectivity index (χ1n) is 7.60. The lowest BCUT2D eigenvalue weighted by Gasteiger charge is -2.36. The highest BCUT2D eigenvalue weighted by atomic mass is 32.2. The maximum atomic E-state index is 12.8. The van der Waals surface area contributed by atoms with Crippen molar-refractivity contribution in [1.82, 2.24) is 4.31 Å². The van der Waals surface area contributed by atoms with E-state index in [1.807, 2.05) is 32.9 Å². The minimum atomic E-state index is -3.50. The third-order valence-corrected chi connectivity index (χ3v) is 6.76. The van der Waals surface area contributed by atoms with Crippen molar-refractivity contribution < 1.29 is 13.2 Å². The molecule has 1 aromatic rings. The molecule has 0 radical (unpaired) electrons. The average Bonchev–Trinajstić information content (AvgIpc) is 2.76. The lowest BCUT2D eigenvalue weighted by molar-refractivity contribution is -0.115. The van der Waals surface area contributed by atoms with E-state index in [0.29, 0.717) is 24.4 Å². The standard InChI is InChI=1S/C17H21NO3S/c1-11-4-6-14(7-5-11)22(20,21)18-9-12(2)15-8-17(19)13(3)16(15)10-18/h4-7,12,15H,8-10H2,1-3H3/t12-,15+/m0/s1. The Labute approximate surface area is 131 Å². The number of allylic oxidation sites excluding steroid dienone is 1. The van der Waals surface area contributed by atoms with Gasteiger partial charge in [-0.3, -0.25) is 4.79 Å². The first-order valence-corrected chi connectivity index (χ1v) is 9.04. The SMILES string of the molecule is CC1=C2CN(S(=O)(=O)c3ccc(C)cc3)C[C@H](C)[C@H]2CC1=O. The maximum Gasteiger partial charge on any atom is 0.243 e. The number of nitrogens with zero attached hydrogens (tertiary/aromatic N) is 1. The Hall–Kier alpha value is -1.46. The van der Waals surface area contributed by atoms with Crippen molar-refractivity contribution in [3.8, 4) is 0 Å². The molecule has 22 heavy (non-hydrogen) atoms. The molecule has 1 saturated heterocycles. The number of sulfonamides is 1. The number of carbonyl (C=O) groups excluding carboxylic acids is 1. The van der Waals surface area contributed by atoms with Crippen molar-refractivity contribution in [3.63, 3.8) is 0 Å². The molecule has 1 heterocycles. The Kier molecular flexibility index (Phi) is 3.73. The van der Waals surface area contributed by atoms with Crippen molar-refractivity contribution >= 4 is 15.8 Å². The van der Waals surface area contributed by atoms with E-state index in [4.69, 9.17) is 0 Å². The minimum absolute atomic E-state index is 0.168. The fourth-order valence-corrected chi connectivity index (χ4v) is 4.98. The summed E-state index contributed by atoms with van der Waals surface area (Å²) >= 11 is 0. The molecular formula is C17H21NO3S. The van der Waals surface area contributed by atoms with Crippen molar-refractivity contribution in [2.45, 2.75) is 32.1 Å². The van der Waals surface area contributed by atoms with Gasteiger partial charge in [0.1, 0.15) is 0 Å². The molecule has 5 heteroatoms. The van der Waals surface area contributed by atoms with E-state index in [2.05, 4.69) is 0 Å². The van der Waals surface area contributed by atoms with Crippen molar-refractivity contribution in [2.75, 3.05) is 13.1 Å². The van der Waals surface area contributed by atoms with E-state index < -0.39 is 10.0 Å². The first-order chi connectivity index (χ1) is 10.3. The first kappa shape index (κ1) is 15.4. The monoisotopic (exact) mass is 319 g/mol. The van der Waals surface area contributed by atoms with Crippen LogP contribution in [0.3, 0.4) is 0 Å². The van der Waals surface area contributed by atoms with Gasteiger partial charge in [0, 0.05) is 19.5 Å². The van der Waals surface area contributed by atoms with Crippen LogP contribution in [-0.4, -0.2) is 31.6 Å². The second kappa shape index (κ2) is 5.32. The van der Waals surface area contributed by atoms with Gasteiger partial charge in [0.25, 0.3) is 0 Å². The van der Waals surface area contributed by atoms with Crippen molar-refractivity contribution in [2.24, 2.45) is 11.8 Å². The Morgan fingerprint density at radius 2 is 1.77 bits per heavy atom. The molecule has 0 unspecified atom stereocenters. The molecule has 1 aliphatic heterocycles. The van der Waals surface area contributed by atoms with E-state index in [1.54, 1.807) is 12.1 Å². The topological polar surface area (TPSA) is 54.5 Å². The molecule has 1 fully saturated rings. The van der Waals surface area contributed by atoms with E-state index in [1.165, 1.54) is 4.31 Å². The number of ketones is 1. The zero-order chi connectivity index (χ0) is 16.1. The largest absolute Gasteiger partial charge is 0.295 e. The molecule has 3 rings (SSSR count). The molecular weight excluding hydrogens is 298 g/mol. The minimum Gasteiger partial charge on any atom is -0.295 e. The number of carbonyl (C=O) groups is 1. The number of Topliss-reactive ketones (excluding diaryl/α,β-unsaturated/α-hetero) is 1. The number of benzene rings is 1. The lowest BCUT2D eigenvalue weighted by atomic mass is 9.85. The fourth-order valence-electron chi connectivity index (χ4n) is 3.46. The second-order valence-corrected chi connectivity index (χ2v) is 8.41. The fraction of sp³-hybridized carbons (Fsp3) is 0.471. The van der Waals surface area contributed by atoms with Crippen LogP contribution in [0, 0.1) is 18.8 Å². The highest BCUT2D eigenvalue weighted by Gasteiger charge is 2.41. The number of aryl methyl sites for hydroxylation is 1. The Morgan fingerprint density at radius 1 is 1.14 bits per heavy atom. The molecule has 0 bridgehead atoms. The summed E-state index contributed by atoms with van der Waals surface area (Å²) in [7, 11) is -3.50. The highest BCUT2D eigenvalue weighted by molar-refractivity contribution is 7.89. The molecule has 2 atom stereocenters. The molecule has 2 aliphatic rings.